The van der Waals surface area contributed by atoms with E-state index in [2.05, 4.69) is 0 Å². The van der Waals surface area contributed by atoms with E-state index < -0.39 is 16.1 Å². The highest BCUT2D eigenvalue weighted by Gasteiger charge is 2.04. The van der Waals surface area contributed by atoms with Crippen molar-refractivity contribution in [3.63, 3.8) is 0 Å². The Kier molecular flexibility index (Phi) is 11.4. The minimum Gasteiger partial charge on any atom is -0.544 e. The van der Waals surface area contributed by atoms with Gasteiger partial charge in [-0.05, 0) is 0 Å². The SMILES string of the molecule is C[N+](C)(C)CC(=O)[O-].O=[N+]([O-])O.O=[N+]([O-])O. The first-order valence-electron chi connectivity index (χ1n) is 3.55. The molecule has 0 aromatic heterocycles. The van der Waals surface area contributed by atoms with Gasteiger partial charge in [0.2, 0.25) is 0 Å². The van der Waals surface area contributed by atoms with Crippen LogP contribution in [-0.4, -0.2) is 58.7 Å². The Morgan fingerprint density at radius 2 is 1.31 bits per heavy atom. The molecule has 0 bridgehead atoms. The van der Waals surface area contributed by atoms with Gasteiger partial charge in [-0.2, -0.15) is 0 Å². The van der Waals surface area contributed by atoms with Crippen LogP contribution in [-0.2, 0) is 4.79 Å². The predicted octanol–water partition coefficient (Wildman–Crippen LogP) is -2.25. The molecule has 11 heteroatoms. The summed E-state index contributed by atoms with van der Waals surface area (Å²) in [4.78, 5) is 26.6. The summed E-state index contributed by atoms with van der Waals surface area (Å²) < 4.78 is 0.419. The highest BCUT2D eigenvalue weighted by atomic mass is 16.9. The van der Waals surface area contributed by atoms with E-state index in [0.717, 1.165) is 0 Å². The van der Waals surface area contributed by atoms with Crippen molar-refractivity contribution < 1.29 is 35.0 Å². The van der Waals surface area contributed by atoms with Gasteiger partial charge in [-0.15, -0.1) is 20.2 Å². The van der Waals surface area contributed by atoms with Crippen molar-refractivity contribution in [2.24, 2.45) is 0 Å². The molecular weight excluding hydrogens is 230 g/mol. The number of carbonyl (C=O) groups is 1. The number of hydrogen-bond acceptors (Lipinski definition) is 6. The third kappa shape index (κ3) is 173. The van der Waals surface area contributed by atoms with Crippen LogP contribution < -0.4 is 5.11 Å². The van der Waals surface area contributed by atoms with Gasteiger partial charge in [0, 0.05) is 0 Å². The molecule has 16 heavy (non-hydrogen) atoms. The number of aliphatic carboxylic acids is 1. The van der Waals surface area contributed by atoms with Gasteiger partial charge < -0.3 is 24.8 Å². The Morgan fingerprint density at radius 3 is 1.31 bits per heavy atom. The number of quaternary nitrogens is 1. The number of carbonyl (C=O) groups excluding carboxylic acids is 1. The smallest absolute Gasteiger partial charge is 0.291 e. The molecule has 0 aliphatic rings. The second-order valence-electron chi connectivity index (χ2n) is 3.30. The van der Waals surface area contributed by atoms with Crippen LogP contribution in [0.25, 0.3) is 0 Å². The van der Waals surface area contributed by atoms with Crippen LogP contribution in [0, 0.1) is 20.2 Å². The predicted molar refractivity (Wildman–Crippen MR) is 45.5 cm³/mol. The lowest BCUT2D eigenvalue weighted by Crippen LogP contribution is -2.45. The van der Waals surface area contributed by atoms with Crippen molar-refractivity contribution in [2.75, 3.05) is 27.7 Å². The number of carboxylic acids is 1. The highest BCUT2D eigenvalue weighted by Crippen LogP contribution is 1.84. The van der Waals surface area contributed by atoms with Crippen molar-refractivity contribution in [3.8, 4) is 0 Å². The third-order valence-corrected chi connectivity index (χ3v) is 0.603. The van der Waals surface area contributed by atoms with Gasteiger partial charge in [0.15, 0.2) is 0 Å². The molecule has 0 saturated carbocycles. The largest absolute Gasteiger partial charge is 0.544 e. The molecule has 0 spiro atoms. The van der Waals surface area contributed by atoms with E-state index in [-0.39, 0.29) is 6.54 Å². The zero-order valence-electron chi connectivity index (χ0n) is 8.89. The van der Waals surface area contributed by atoms with E-state index in [0.29, 0.717) is 4.48 Å². The second-order valence-corrected chi connectivity index (χ2v) is 3.30. The molecule has 0 atom stereocenters. The number of hydrogen-bond donors (Lipinski definition) is 2. The van der Waals surface area contributed by atoms with E-state index in [9.17, 15) is 9.90 Å². The van der Waals surface area contributed by atoms with Crippen LogP contribution in [0.4, 0.5) is 0 Å². The molecule has 0 unspecified atom stereocenters. The van der Waals surface area contributed by atoms with Gasteiger partial charge in [0.05, 0.1) is 27.1 Å². The first-order chi connectivity index (χ1) is 6.88. The molecule has 0 aromatic rings. The van der Waals surface area contributed by atoms with E-state index in [1.807, 2.05) is 0 Å². The van der Waals surface area contributed by atoms with E-state index in [4.69, 9.17) is 30.6 Å². The van der Waals surface area contributed by atoms with Gasteiger partial charge in [-0.25, -0.2) is 0 Å². The summed E-state index contributed by atoms with van der Waals surface area (Å²) in [6.45, 7) is 0.0694. The monoisotopic (exact) mass is 243 g/mol. The fourth-order valence-electron chi connectivity index (χ4n) is 0.387. The van der Waals surface area contributed by atoms with Crippen LogP contribution in [0.3, 0.4) is 0 Å². The van der Waals surface area contributed by atoms with Gasteiger partial charge in [-0.3, -0.25) is 0 Å². The number of nitrogens with zero attached hydrogens (tertiary/aromatic N) is 3. The fourth-order valence-corrected chi connectivity index (χ4v) is 0.387. The Labute approximate surface area is 89.9 Å². The first kappa shape index (κ1) is 19.4. The van der Waals surface area contributed by atoms with Crippen LogP contribution >= 0.6 is 0 Å². The molecule has 0 aromatic carbocycles. The molecule has 0 heterocycles. The van der Waals surface area contributed by atoms with Crippen LogP contribution in [0.5, 0.6) is 0 Å². The first-order valence-corrected chi connectivity index (χ1v) is 3.55. The lowest BCUT2D eigenvalue weighted by molar-refractivity contribution is -0.864. The van der Waals surface area contributed by atoms with Crippen molar-refractivity contribution >= 4 is 5.97 Å². The molecule has 0 aliphatic carbocycles. The van der Waals surface area contributed by atoms with Crippen LogP contribution in [0.2, 0.25) is 0 Å². The average molecular weight is 243 g/mol. The lowest BCUT2D eigenvalue weighted by atomic mass is 10.5. The van der Waals surface area contributed by atoms with Gasteiger partial charge in [-0.1, -0.05) is 0 Å². The average Bonchev–Trinajstić information content (AvgIpc) is 1.74. The molecule has 0 aliphatic heterocycles. The molecular formula is C5H13N3O8. The maximum atomic E-state index is 9.89. The van der Waals surface area contributed by atoms with Crippen molar-refractivity contribution in [3.05, 3.63) is 20.2 Å². The second kappa shape index (κ2) is 9.39. The highest BCUT2D eigenvalue weighted by molar-refractivity contribution is 5.65. The number of carboxylic acid groups (broad SMARTS) is 1. The summed E-state index contributed by atoms with van der Waals surface area (Å²) in [6, 6.07) is 0. The molecule has 96 valence electrons. The summed E-state index contributed by atoms with van der Waals surface area (Å²) in [7, 11) is 5.40. The summed E-state index contributed by atoms with van der Waals surface area (Å²) in [6.07, 6.45) is 0. The Morgan fingerprint density at radius 1 is 1.12 bits per heavy atom. The molecule has 0 amide bonds. The summed E-state index contributed by atoms with van der Waals surface area (Å²) in [5.74, 6) is -1.00. The summed E-state index contributed by atoms with van der Waals surface area (Å²) >= 11 is 0. The molecule has 0 fully saturated rings. The lowest BCUT2D eigenvalue weighted by Gasteiger charge is -2.23. The van der Waals surface area contributed by atoms with Crippen molar-refractivity contribution in [1.29, 1.82) is 0 Å². The minimum absolute atomic E-state index is 0.0694. The van der Waals surface area contributed by atoms with E-state index in [1.165, 1.54) is 0 Å². The number of likely N-dealkylation sites (N-methyl/N-ethyl adjacent to an activating group) is 1. The number of rotatable bonds is 2. The molecule has 11 nitrogen and oxygen atoms in total. The quantitative estimate of drug-likeness (QED) is 0.311. The topological polar surface area (TPSA) is 167 Å². The maximum absolute atomic E-state index is 9.89. The maximum Gasteiger partial charge on any atom is 0.291 e. The van der Waals surface area contributed by atoms with Gasteiger partial charge in [0.1, 0.15) is 6.54 Å². The Hall–Kier alpha value is -2.17. The molecule has 0 rings (SSSR count). The zero-order chi connectivity index (χ0) is 13.9. The van der Waals surface area contributed by atoms with Crippen molar-refractivity contribution in [1.82, 2.24) is 0 Å². The molecule has 0 saturated heterocycles. The van der Waals surface area contributed by atoms with E-state index in [1.54, 1.807) is 21.1 Å². The fraction of sp³-hybridized carbons (Fsp3) is 0.800. The summed E-state index contributed by atoms with van der Waals surface area (Å²) in [5, 5.41) is 37.2. The Balaban J connectivity index is -0.000000179. The van der Waals surface area contributed by atoms with Crippen LogP contribution in [0.1, 0.15) is 0 Å². The van der Waals surface area contributed by atoms with Crippen LogP contribution in [0.15, 0.2) is 0 Å². The normalized spacial score (nSPS) is 8.69. The van der Waals surface area contributed by atoms with E-state index >= 15 is 0 Å². The third-order valence-electron chi connectivity index (χ3n) is 0.603. The molecule has 0 radical (unpaired) electrons. The summed E-state index contributed by atoms with van der Waals surface area (Å²) in [5.41, 5.74) is 0. The van der Waals surface area contributed by atoms with Gasteiger partial charge in [0.25, 0.3) is 10.2 Å². The Bertz CT molecular complexity index is 214. The minimum atomic E-state index is -1.50. The van der Waals surface area contributed by atoms with Crippen molar-refractivity contribution in [2.45, 2.75) is 0 Å². The zero-order valence-corrected chi connectivity index (χ0v) is 8.89. The van der Waals surface area contributed by atoms with Gasteiger partial charge >= 0.3 is 0 Å². The molecule has 2 N–H and O–H groups in total. The standard InChI is InChI=1S/C5H11NO2.2HNO3/c1-6(2,3)4-5(7)8;2*2-1(3)4/h4H2,1-3H3;2*(H,2,3,4).